The van der Waals surface area contributed by atoms with E-state index in [2.05, 4.69) is 20.7 Å². The number of benzene rings is 2. The molecule has 0 bridgehead atoms. The summed E-state index contributed by atoms with van der Waals surface area (Å²) in [5, 5.41) is 9.67. The van der Waals surface area contributed by atoms with Gasteiger partial charge in [-0.3, -0.25) is 4.72 Å². The standard InChI is InChI=1S/C13H12BrNO3S/c1-9-4-2-3-5-13(9)19(17,18)15-11-8-10(14)6-7-12(11)16/h2-8,15-16H,1H3. The van der Waals surface area contributed by atoms with Crippen LogP contribution in [-0.2, 0) is 10.0 Å². The first-order chi connectivity index (χ1) is 8.90. The number of sulfonamides is 1. The van der Waals surface area contributed by atoms with Crippen molar-refractivity contribution in [2.24, 2.45) is 0 Å². The minimum Gasteiger partial charge on any atom is -0.506 e. The van der Waals surface area contributed by atoms with E-state index in [1.165, 1.54) is 18.2 Å². The summed E-state index contributed by atoms with van der Waals surface area (Å²) < 4.78 is 27.5. The molecule has 2 rings (SSSR count). The van der Waals surface area contributed by atoms with E-state index in [1.54, 1.807) is 31.2 Å². The van der Waals surface area contributed by atoms with Gasteiger partial charge in [0.2, 0.25) is 0 Å². The van der Waals surface area contributed by atoms with Gasteiger partial charge in [0.15, 0.2) is 0 Å². The highest BCUT2D eigenvalue weighted by Gasteiger charge is 2.17. The highest BCUT2D eigenvalue weighted by molar-refractivity contribution is 9.10. The van der Waals surface area contributed by atoms with Crippen molar-refractivity contribution in [3.8, 4) is 5.75 Å². The van der Waals surface area contributed by atoms with Gasteiger partial charge in [-0.25, -0.2) is 8.42 Å². The molecule has 0 aromatic heterocycles. The number of rotatable bonds is 3. The van der Waals surface area contributed by atoms with E-state index in [-0.39, 0.29) is 16.3 Å². The first-order valence-corrected chi connectivity index (χ1v) is 7.75. The first-order valence-electron chi connectivity index (χ1n) is 5.47. The highest BCUT2D eigenvalue weighted by Crippen LogP contribution is 2.29. The van der Waals surface area contributed by atoms with Gasteiger partial charge in [-0.15, -0.1) is 0 Å². The van der Waals surface area contributed by atoms with Crippen LogP contribution >= 0.6 is 15.9 Å². The fraction of sp³-hybridized carbons (Fsp3) is 0.0769. The monoisotopic (exact) mass is 341 g/mol. The van der Waals surface area contributed by atoms with Crippen molar-refractivity contribution in [2.75, 3.05) is 4.72 Å². The second-order valence-corrected chi connectivity index (χ2v) is 6.60. The van der Waals surface area contributed by atoms with Gasteiger partial charge in [0, 0.05) is 4.47 Å². The number of hydrogen-bond donors (Lipinski definition) is 2. The Bertz CT molecular complexity index is 714. The molecule has 0 spiro atoms. The maximum Gasteiger partial charge on any atom is 0.262 e. The first kappa shape index (κ1) is 13.9. The maximum atomic E-state index is 12.2. The maximum absolute atomic E-state index is 12.2. The summed E-state index contributed by atoms with van der Waals surface area (Å²) in [4.78, 5) is 0.189. The van der Waals surface area contributed by atoms with Crippen molar-refractivity contribution in [3.63, 3.8) is 0 Å². The van der Waals surface area contributed by atoms with E-state index in [9.17, 15) is 13.5 Å². The Morgan fingerprint density at radius 1 is 1.16 bits per heavy atom. The fourth-order valence-corrected chi connectivity index (χ4v) is 3.32. The number of anilines is 1. The van der Waals surface area contributed by atoms with E-state index in [1.807, 2.05) is 0 Å². The van der Waals surface area contributed by atoms with E-state index < -0.39 is 10.0 Å². The molecule has 4 nitrogen and oxygen atoms in total. The normalized spacial score (nSPS) is 11.3. The van der Waals surface area contributed by atoms with E-state index in [0.717, 1.165) is 0 Å². The van der Waals surface area contributed by atoms with Crippen LogP contribution in [0.4, 0.5) is 5.69 Å². The van der Waals surface area contributed by atoms with Gasteiger partial charge in [-0.05, 0) is 36.8 Å². The third kappa shape index (κ3) is 3.08. The molecule has 0 aliphatic heterocycles. The molecule has 0 aliphatic rings. The Kier molecular flexibility index (Phi) is 3.82. The van der Waals surface area contributed by atoms with Crippen molar-refractivity contribution in [2.45, 2.75) is 11.8 Å². The molecular formula is C13H12BrNO3S. The summed E-state index contributed by atoms with van der Waals surface area (Å²) in [5.74, 6) is -0.125. The molecule has 2 N–H and O–H groups in total. The van der Waals surface area contributed by atoms with Crippen LogP contribution in [-0.4, -0.2) is 13.5 Å². The third-order valence-corrected chi connectivity index (χ3v) is 4.61. The van der Waals surface area contributed by atoms with Gasteiger partial charge < -0.3 is 5.11 Å². The van der Waals surface area contributed by atoms with Crippen molar-refractivity contribution >= 4 is 31.6 Å². The van der Waals surface area contributed by atoms with Crippen LogP contribution in [0.25, 0.3) is 0 Å². The molecule has 19 heavy (non-hydrogen) atoms. The van der Waals surface area contributed by atoms with Crippen LogP contribution in [0.3, 0.4) is 0 Å². The molecule has 0 fully saturated rings. The summed E-state index contributed by atoms with van der Waals surface area (Å²) in [6, 6.07) is 11.2. The summed E-state index contributed by atoms with van der Waals surface area (Å²) >= 11 is 3.23. The van der Waals surface area contributed by atoms with Crippen molar-refractivity contribution in [1.82, 2.24) is 0 Å². The highest BCUT2D eigenvalue weighted by atomic mass is 79.9. The Morgan fingerprint density at radius 2 is 1.84 bits per heavy atom. The van der Waals surface area contributed by atoms with Gasteiger partial charge in [-0.1, -0.05) is 34.1 Å². The van der Waals surface area contributed by atoms with Crippen molar-refractivity contribution < 1.29 is 13.5 Å². The van der Waals surface area contributed by atoms with Crippen LogP contribution in [0.5, 0.6) is 5.75 Å². The summed E-state index contributed by atoms with van der Waals surface area (Å²) in [6.07, 6.45) is 0. The third-order valence-electron chi connectivity index (χ3n) is 2.59. The molecular weight excluding hydrogens is 330 g/mol. The van der Waals surface area contributed by atoms with Crippen LogP contribution < -0.4 is 4.72 Å². The molecule has 0 amide bonds. The van der Waals surface area contributed by atoms with Crippen LogP contribution in [0, 0.1) is 6.92 Å². The zero-order valence-corrected chi connectivity index (χ0v) is 12.5. The van der Waals surface area contributed by atoms with Gasteiger partial charge >= 0.3 is 0 Å². The summed E-state index contributed by atoms with van der Waals surface area (Å²) in [7, 11) is -3.71. The second-order valence-electron chi connectivity index (χ2n) is 4.03. The topological polar surface area (TPSA) is 66.4 Å². The van der Waals surface area contributed by atoms with Gasteiger partial charge in [0.1, 0.15) is 5.75 Å². The quantitative estimate of drug-likeness (QED) is 0.842. The lowest BCUT2D eigenvalue weighted by atomic mass is 10.2. The number of phenols is 1. The van der Waals surface area contributed by atoms with E-state index in [0.29, 0.717) is 10.0 Å². The van der Waals surface area contributed by atoms with Gasteiger partial charge in [-0.2, -0.15) is 0 Å². The summed E-state index contributed by atoms with van der Waals surface area (Å²) in [6.45, 7) is 1.72. The predicted molar refractivity (Wildman–Crippen MR) is 77.8 cm³/mol. The van der Waals surface area contributed by atoms with Crippen molar-refractivity contribution in [3.05, 3.63) is 52.5 Å². The number of halogens is 1. The minimum atomic E-state index is -3.71. The number of aromatic hydroxyl groups is 1. The average Bonchev–Trinajstić information content (AvgIpc) is 2.34. The second kappa shape index (κ2) is 5.22. The number of phenolic OH excluding ortho intramolecular Hbond substituents is 1. The average molecular weight is 342 g/mol. The molecule has 0 radical (unpaired) electrons. The van der Waals surface area contributed by atoms with Crippen LogP contribution in [0.15, 0.2) is 51.8 Å². The smallest absolute Gasteiger partial charge is 0.262 e. The number of nitrogens with one attached hydrogen (secondary N) is 1. The van der Waals surface area contributed by atoms with E-state index in [4.69, 9.17) is 0 Å². The molecule has 0 saturated carbocycles. The lowest BCUT2D eigenvalue weighted by molar-refractivity contribution is 0.477. The Labute approximate surface area is 120 Å². The molecule has 100 valence electrons. The molecule has 0 atom stereocenters. The fourth-order valence-electron chi connectivity index (χ4n) is 1.65. The molecule has 2 aromatic rings. The Morgan fingerprint density at radius 3 is 2.53 bits per heavy atom. The largest absolute Gasteiger partial charge is 0.506 e. The number of aryl methyl sites for hydroxylation is 1. The molecule has 6 heteroatoms. The lowest BCUT2D eigenvalue weighted by Gasteiger charge is -2.11. The van der Waals surface area contributed by atoms with E-state index >= 15 is 0 Å². The van der Waals surface area contributed by atoms with Gasteiger partial charge in [0.05, 0.1) is 10.6 Å². The molecule has 0 saturated heterocycles. The molecule has 0 aliphatic carbocycles. The SMILES string of the molecule is Cc1ccccc1S(=O)(=O)Nc1cc(Br)ccc1O. The zero-order valence-electron chi connectivity index (χ0n) is 10.1. The van der Waals surface area contributed by atoms with Gasteiger partial charge in [0.25, 0.3) is 10.0 Å². The lowest BCUT2D eigenvalue weighted by Crippen LogP contribution is -2.14. The Hall–Kier alpha value is -1.53. The Balaban J connectivity index is 2.43. The number of hydrogen-bond acceptors (Lipinski definition) is 3. The minimum absolute atomic E-state index is 0.125. The zero-order chi connectivity index (χ0) is 14.0. The molecule has 0 heterocycles. The molecule has 0 unspecified atom stereocenters. The van der Waals surface area contributed by atoms with Crippen molar-refractivity contribution in [1.29, 1.82) is 0 Å². The predicted octanol–water partition coefficient (Wildman–Crippen LogP) is 3.26. The molecule has 2 aromatic carbocycles. The van der Waals surface area contributed by atoms with Crippen LogP contribution in [0.2, 0.25) is 0 Å². The summed E-state index contributed by atoms with van der Waals surface area (Å²) in [5.41, 5.74) is 0.780. The van der Waals surface area contributed by atoms with Crippen LogP contribution in [0.1, 0.15) is 5.56 Å².